The van der Waals surface area contributed by atoms with Crippen molar-refractivity contribution < 1.29 is 18.7 Å². The predicted molar refractivity (Wildman–Crippen MR) is 113 cm³/mol. The monoisotopic (exact) mass is 409 g/mol. The summed E-state index contributed by atoms with van der Waals surface area (Å²) in [6, 6.07) is 15.4. The van der Waals surface area contributed by atoms with Gasteiger partial charge in [0, 0.05) is 24.9 Å². The Balaban J connectivity index is 1.48. The molecule has 2 aromatic heterocycles. The van der Waals surface area contributed by atoms with E-state index in [1.165, 1.54) is 0 Å². The van der Waals surface area contributed by atoms with Crippen LogP contribution in [0.3, 0.4) is 0 Å². The molecule has 1 aliphatic heterocycles. The molecule has 7 heteroatoms. The lowest BCUT2D eigenvalue weighted by Crippen LogP contribution is -2.42. The number of hydrogen-bond acceptors (Lipinski definition) is 5. The first-order chi connectivity index (χ1) is 14.6. The predicted octanol–water partition coefficient (Wildman–Crippen LogP) is 3.38. The second-order valence-electron chi connectivity index (χ2n) is 7.54. The summed E-state index contributed by atoms with van der Waals surface area (Å²) in [6.45, 7) is 3.13. The van der Waals surface area contributed by atoms with Crippen LogP contribution in [0.25, 0.3) is 0 Å². The molecule has 0 amide bonds. The molecule has 2 unspecified atom stereocenters. The van der Waals surface area contributed by atoms with Crippen LogP contribution in [0.5, 0.6) is 5.75 Å². The number of guanidine groups is 1. The fourth-order valence-electron chi connectivity index (χ4n) is 3.46. The SMILES string of the molecule is CC(O)(CN=C(NCCc1ccco1)NC1CCOc2ccccc21)c1ccco1. The van der Waals surface area contributed by atoms with Crippen LogP contribution in [0.2, 0.25) is 0 Å². The van der Waals surface area contributed by atoms with Crippen molar-refractivity contribution in [3.05, 3.63) is 78.1 Å². The highest BCUT2D eigenvalue weighted by atomic mass is 16.5. The highest BCUT2D eigenvalue weighted by Gasteiger charge is 2.27. The molecule has 0 aliphatic carbocycles. The molecule has 0 bridgehead atoms. The molecule has 2 atom stereocenters. The van der Waals surface area contributed by atoms with Crippen molar-refractivity contribution in [3.8, 4) is 5.75 Å². The van der Waals surface area contributed by atoms with Crippen molar-refractivity contribution in [2.45, 2.75) is 31.4 Å². The molecule has 158 valence electrons. The van der Waals surface area contributed by atoms with E-state index in [1.54, 1.807) is 31.6 Å². The van der Waals surface area contributed by atoms with E-state index in [0.29, 0.717) is 24.9 Å². The van der Waals surface area contributed by atoms with Crippen LogP contribution >= 0.6 is 0 Å². The number of ether oxygens (including phenoxy) is 1. The van der Waals surface area contributed by atoms with Crippen LogP contribution < -0.4 is 15.4 Å². The molecule has 7 nitrogen and oxygen atoms in total. The summed E-state index contributed by atoms with van der Waals surface area (Å²) in [7, 11) is 0. The molecule has 0 saturated carbocycles. The van der Waals surface area contributed by atoms with Gasteiger partial charge in [-0.2, -0.15) is 0 Å². The average Bonchev–Trinajstić information content (AvgIpc) is 3.47. The Morgan fingerprint density at radius 3 is 2.77 bits per heavy atom. The normalized spacial score (nSPS) is 18.2. The number of hydrogen-bond donors (Lipinski definition) is 3. The maximum absolute atomic E-state index is 10.8. The summed E-state index contributed by atoms with van der Waals surface area (Å²) in [5.41, 5.74) is -0.103. The van der Waals surface area contributed by atoms with Crippen molar-refractivity contribution in [1.29, 1.82) is 0 Å². The van der Waals surface area contributed by atoms with Gasteiger partial charge in [-0.3, -0.25) is 0 Å². The Bertz CT molecular complexity index is 949. The van der Waals surface area contributed by atoms with Gasteiger partial charge in [-0.05, 0) is 37.3 Å². The fraction of sp³-hybridized carbons (Fsp3) is 0.348. The zero-order valence-corrected chi connectivity index (χ0v) is 17.0. The summed E-state index contributed by atoms with van der Waals surface area (Å²) in [6.07, 6.45) is 4.77. The zero-order valence-electron chi connectivity index (χ0n) is 17.0. The molecule has 3 N–H and O–H groups in total. The number of rotatable bonds is 7. The Hall–Kier alpha value is -3.19. The molecule has 0 spiro atoms. The lowest BCUT2D eigenvalue weighted by molar-refractivity contribution is 0.0436. The van der Waals surface area contributed by atoms with Crippen LogP contribution in [-0.4, -0.2) is 30.8 Å². The third-order valence-electron chi connectivity index (χ3n) is 5.11. The molecule has 0 radical (unpaired) electrons. The number of nitrogens with one attached hydrogen (secondary N) is 2. The summed E-state index contributed by atoms with van der Waals surface area (Å²) >= 11 is 0. The number of aliphatic hydroxyl groups is 1. The summed E-state index contributed by atoms with van der Waals surface area (Å²) in [5, 5.41) is 17.6. The van der Waals surface area contributed by atoms with Crippen molar-refractivity contribution in [1.82, 2.24) is 10.6 Å². The van der Waals surface area contributed by atoms with Gasteiger partial charge in [-0.15, -0.1) is 0 Å². The number of para-hydroxylation sites is 1. The van der Waals surface area contributed by atoms with Gasteiger partial charge in [0.15, 0.2) is 5.96 Å². The van der Waals surface area contributed by atoms with E-state index in [4.69, 9.17) is 13.6 Å². The van der Waals surface area contributed by atoms with Crippen LogP contribution in [0, 0.1) is 0 Å². The minimum absolute atomic E-state index is 0.0679. The number of benzene rings is 1. The van der Waals surface area contributed by atoms with Crippen molar-refractivity contribution in [2.24, 2.45) is 4.99 Å². The van der Waals surface area contributed by atoms with E-state index in [1.807, 2.05) is 30.3 Å². The maximum atomic E-state index is 10.8. The molecular weight excluding hydrogens is 382 g/mol. The van der Waals surface area contributed by atoms with Gasteiger partial charge in [0.05, 0.1) is 31.7 Å². The first-order valence-corrected chi connectivity index (χ1v) is 10.2. The van der Waals surface area contributed by atoms with Gasteiger partial charge in [0.2, 0.25) is 0 Å². The van der Waals surface area contributed by atoms with Crippen LogP contribution in [-0.2, 0) is 12.0 Å². The van der Waals surface area contributed by atoms with Crippen molar-refractivity contribution in [2.75, 3.05) is 19.7 Å². The minimum Gasteiger partial charge on any atom is -0.493 e. The number of furan rings is 2. The Morgan fingerprint density at radius 2 is 1.97 bits per heavy atom. The van der Waals surface area contributed by atoms with E-state index < -0.39 is 5.60 Å². The molecule has 1 aliphatic rings. The zero-order chi connectivity index (χ0) is 20.8. The topological polar surface area (TPSA) is 92.2 Å². The van der Waals surface area contributed by atoms with Crippen LogP contribution in [0.1, 0.15) is 36.5 Å². The fourth-order valence-corrected chi connectivity index (χ4v) is 3.46. The van der Waals surface area contributed by atoms with Gasteiger partial charge in [-0.25, -0.2) is 4.99 Å². The van der Waals surface area contributed by atoms with E-state index in [9.17, 15) is 5.11 Å². The van der Waals surface area contributed by atoms with Crippen LogP contribution in [0.4, 0.5) is 0 Å². The largest absolute Gasteiger partial charge is 0.493 e. The third-order valence-corrected chi connectivity index (χ3v) is 5.11. The van der Waals surface area contributed by atoms with E-state index >= 15 is 0 Å². The Labute approximate surface area is 175 Å². The molecule has 1 aromatic carbocycles. The van der Waals surface area contributed by atoms with Crippen molar-refractivity contribution >= 4 is 5.96 Å². The molecule has 4 rings (SSSR count). The summed E-state index contributed by atoms with van der Waals surface area (Å²) in [5.74, 6) is 2.90. The van der Waals surface area contributed by atoms with E-state index in [2.05, 4.69) is 21.7 Å². The quantitative estimate of drug-likeness (QED) is 0.409. The number of aliphatic imine (C=N–C) groups is 1. The second kappa shape index (κ2) is 9.09. The average molecular weight is 409 g/mol. The lowest BCUT2D eigenvalue weighted by atomic mass is 10.0. The van der Waals surface area contributed by atoms with E-state index in [-0.39, 0.29) is 12.6 Å². The Morgan fingerprint density at radius 1 is 1.13 bits per heavy atom. The van der Waals surface area contributed by atoms with Crippen LogP contribution in [0.15, 0.2) is 74.9 Å². The first-order valence-electron chi connectivity index (χ1n) is 10.2. The Kier molecular flexibility index (Phi) is 6.09. The minimum atomic E-state index is -1.20. The smallest absolute Gasteiger partial charge is 0.191 e. The second-order valence-corrected chi connectivity index (χ2v) is 7.54. The summed E-state index contributed by atoms with van der Waals surface area (Å²) in [4.78, 5) is 4.65. The number of nitrogens with zero attached hydrogens (tertiary/aromatic N) is 1. The molecule has 3 heterocycles. The summed E-state index contributed by atoms with van der Waals surface area (Å²) < 4.78 is 16.5. The highest BCUT2D eigenvalue weighted by molar-refractivity contribution is 5.80. The molecular formula is C23H27N3O4. The standard InChI is InChI=1S/C23H27N3O4/c1-23(27,21-9-5-14-30-21)16-25-22(24-12-10-17-6-4-13-28-17)26-19-11-15-29-20-8-3-2-7-18(19)20/h2-9,13-14,19,27H,10-12,15-16H2,1H3,(H2,24,25,26). The van der Waals surface area contributed by atoms with E-state index in [0.717, 1.165) is 29.9 Å². The number of fused-ring (bicyclic) bond motifs is 1. The highest BCUT2D eigenvalue weighted by Crippen LogP contribution is 2.31. The van der Waals surface area contributed by atoms with Gasteiger partial charge in [0.1, 0.15) is 22.9 Å². The van der Waals surface area contributed by atoms with Crippen molar-refractivity contribution in [3.63, 3.8) is 0 Å². The van der Waals surface area contributed by atoms with Gasteiger partial charge in [-0.1, -0.05) is 18.2 Å². The van der Waals surface area contributed by atoms with Gasteiger partial charge < -0.3 is 29.3 Å². The third kappa shape index (κ3) is 4.86. The maximum Gasteiger partial charge on any atom is 0.191 e. The molecule has 3 aromatic rings. The van der Waals surface area contributed by atoms with Gasteiger partial charge >= 0.3 is 0 Å². The molecule has 30 heavy (non-hydrogen) atoms. The first kappa shape index (κ1) is 20.1. The molecule has 0 saturated heterocycles. The van der Waals surface area contributed by atoms with Gasteiger partial charge in [0.25, 0.3) is 0 Å². The molecule has 0 fully saturated rings. The lowest BCUT2D eigenvalue weighted by Gasteiger charge is -2.28.